The van der Waals surface area contributed by atoms with E-state index in [-0.39, 0.29) is 0 Å². The molecule has 0 aliphatic rings. The Bertz CT molecular complexity index is 1200. The highest BCUT2D eigenvalue weighted by Crippen LogP contribution is 2.35. The first-order valence-corrected chi connectivity index (χ1v) is 8.92. The molecule has 6 nitrogen and oxygen atoms in total. The molecule has 0 aliphatic heterocycles. The number of nitrogens with zero attached hydrogens (tertiary/aromatic N) is 5. The van der Waals surface area contributed by atoms with Crippen LogP contribution in [0.3, 0.4) is 0 Å². The van der Waals surface area contributed by atoms with Crippen LogP contribution in [0.2, 0.25) is 0 Å². The maximum atomic E-state index is 13.1. The summed E-state index contributed by atoms with van der Waals surface area (Å²) in [4.78, 5) is 13.2. The molecular formula is C20H19F3N6. The Hall–Kier alpha value is -3.36. The number of hydrogen-bond donors (Lipinski definition) is 1. The second kappa shape index (κ2) is 6.61. The number of aromatic nitrogens is 5. The van der Waals surface area contributed by atoms with Gasteiger partial charge in [-0.05, 0) is 50.1 Å². The highest BCUT2D eigenvalue weighted by Gasteiger charge is 2.31. The quantitative estimate of drug-likeness (QED) is 0.535. The lowest BCUT2D eigenvalue weighted by molar-refractivity contribution is -0.137. The summed E-state index contributed by atoms with van der Waals surface area (Å²) in [6.07, 6.45) is 0.645. The molecule has 3 heterocycles. The molecule has 1 aromatic carbocycles. The highest BCUT2D eigenvalue weighted by molar-refractivity contribution is 5.89. The molecule has 1 N–H and O–H groups in total. The number of alkyl halides is 3. The number of pyridine rings is 1. The maximum Gasteiger partial charge on any atom is 0.416 e. The number of anilines is 2. The molecule has 3 aromatic heterocycles. The third-order valence-electron chi connectivity index (χ3n) is 5.00. The van der Waals surface area contributed by atoms with E-state index in [0.717, 1.165) is 29.2 Å². The highest BCUT2D eigenvalue weighted by atomic mass is 19.4. The number of benzene rings is 1. The molecular weight excluding hydrogens is 381 g/mol. The smallest absolute Gasteiger partial charge is 0.338 e. The van der Waals surface area contributed by atoms with Crippen molar-refractivity contribution in [3.63, 3.8) is 0 Å². The molecule has 29 heavy (non-hydrogen) atoms. The van der Waals surface area contributed by atoms with E-state index in [1.54, 1.807) is 32.7 Å². The van der Waals surface area contributed by atoms with Gasteiger partial charge in [-0.3, -0.25) is 4.57 Å². The van der Waals surface area contributed by atoms with E-state index in [1.165, 1.54) is 0 Å². The summed E-state index contributed by atoms with van der Waals surface area (Å²) in [5.74, 6) is 1.23. The van der Waals surface area contributed by atoms with Crippen molar-refractivity contribution in [1.29, 1.82) is 0 Å². The van der Waals surface area contributed by atoms with Crippen LogP contribution in [-0.2, 0) is 13.2 Å². The zero-order valence-corrected chi connectivity index (χ0v) is 16.3. The molecule has 0 saturated heterocycles. The standard InChI is InChI=1S/C20H19F3N6/c1-11-7-14(20(21,22)23)8-12(2)16(11)27-18-17-15(5-6-24-18)29(10-25-17)19-13(3)28(4)9-26-19/h5-10H,1-4H3,(H,24,27). The van der Waals surface area contributed by atoms with Crippen molar-refractivity contribution in [3.05, 3.63) is 59.4 Å². The molecule has 9 heteroatoms. The topological polar surface area (TPSA) is 60.6 Å². The van der Waals surface area contributed by atoms with E-state index in [4.69, 9.17) is 0 Å². The van der Waals surface area contributed by atoms with E-state index in [2.05, 4.69) is 20.3 Å². The minimum absolute atomic E-state index is 0.473. The van der Waals surface area contributed by atoms with Crippen molar-refractivity contribution in [2.24, 2.45) is 7.05 Å². The predicted octanol–water partition coefficient (Wildman–Crippen LogP) is 4.84. The summed E-state index contributed by atoms with van der Waals surface area (Å²) in [6.45, 7) is 5.24. The number of nitrogens with one attached hydrogen (secondary N) is 1. The third-order valence-corrected chi connectivity index (χ3v) is 5.00. The Morgan fingerprint density at radius 3 is 2.24 bits per heavy atom. The lowest BCUT2D eigenvalue weighted by atomic mass is 10.0. The van der Waals surface area contributed by atoms with Gasteiger partial charge in [0.05, 0.1) is 23.1 Å². The lowest BCUT2D eigenvalue weighted by Gasteiger charge is -2.16. The minimum Gasteiger partial charge on any atom is -0.338 e. The van der Waals surface area contributed by atoms with Crippen LogP contribution in [0, 0.1) is 20.8 Å². The zero-order valence-electron chi connectivity index (χ0n) is 16.3. The Kier molecular flexibility index (Phi) is 4.33. The Balaban J connectivity index is 1.78. The number of aryl methyl sites for hydroxylation is 3. The SMILES string of the molecule is Cc1cc(C(F)(F)F)cc(C)c1Nc1nccc2c1ncn2-c1ncn(C)c1C. The number of imidazole rings is 2. The van der Waals surface area contributed by atoms with Gasteiger partial charge >= 0.3 is 6.18 Å². The molecule has 0 unspecified atom stereocenters. The van der Waals surface area contributed by atoms with Crippen LogP contribution in [0.1, 0.15) is 22.4 Å². The van der Waals surface area contributed by atoms with Crippen LogP contribution < -0.4 is 5.32 Å². The monoisotopic (exact) mass is 400 g/mol. The largest absolute Gasteiger partial charge is 0.416 e. The van der Waals surface area contributed by atoms with Gasteiger partial charge in [0.2, 0.25) is 0 Å². The molecule has 0 fully saturated rings. The predicted molar refractivity (Wildman–Crippen MR) is 105 cm³/mol. The van der Waals surface area contributed by atoms with E-state index >= 15 is 0 Å². The van der Waals surface area contributed by atoms with Gasteiger partial charge in [0.25, 0.3) is 0 Å². The van der Waals surface area contributed by atoms with Gasteiger partial charge in [-0.2, -0.15) is 13.2 Å². The summed E-state index contributed by atoms with van der Waals surface area (Å²) in [5, 5.41) is 3.17. The molecule has 0 bridgehead atoms. The van der Waals surface area contributed by atoms with Crippen molar-refractivity contribution in [2.45, 2.75) is 26.9 Å². The normalized spacial score (nSPS) is 12.0. The van der Waals surface area contributed by atoms with E-state index in [9.17, 15) is 13.2 Å². The van der Waals surface area contributed by atoms with Gasteiger partial charge in [0, 0.05) is 18.9 Å². The second-order valence-electron chi connectivity index (χ2n) is 7.01. The fourth-order valence-electron chi connectivity index (χ4n) is 3.36. The van der Waals surface area contributed by atoms with Crippen molar-refractivity contribution in [2.75, 3.05) is 5.32 Å². The minimum atomic E-state index is -4.38. The molecule has 4 rings (SSSR count). The Morgan fingerprint density at radius 1 is 0.966 bits per heavy atom. The average Bonchev–Trinajstić information content (AvgIpc) is 3.21. The van der Waals surface area contributed by atoms with Crippen LogP contribution >= 0.6 is 0 Å². The molecule has 0 saturated carbocycles. The van der Waals surface area contributed by atoms with Crippen LogP contribution in [0.25, 0.3) is 16.9 Å². The van der Waals surface area contributed by atoms with Crippen LogP contribution in [0.15, 0.2) is 37.1 Å². The maximum absolute atomic E-state index is 13.1. The molecule has 0 atom stereocenters. The van der Waals surface area contributed by atoms with Crippen molar-refractivity contribution in [3.8, 4) is 5.82 Å². The molecule has 0 spiro atoms. The summed E-state index contributed by atoms with van der Waals surface area (Å²) >= 11 is 0. The number of hydrogen-bond acceptors (Lipinski definition) is 4. The Labute approximate surface area is 165 Å². The third kappa shape index (κ3) is 3.22. The number of fused-ring (bicyclic) bond motifs is 1. The summed E-state index contributed by atoms with van der Waals surface area (Å²) in [6, 6.07) is 4.09. The fraction of sp³-hybridized carbons (Fsp3) is 0.250. The van der Waals surface area contributed by atoms with Gasteiger partial charge in [-0.1, -0.05) is 0 Å². The molecule has 0 aliphatic carbocycles. The van der Waals surface area contributed by atoms with E-state index in [1.807, 2.05) is 29.2 Å². The van der Waals surface area contributed by atoms with Gasteiger partial charge in [0.15, 0.2) is 11.6 Å². The zero-order chi connectivity index (χ0) is 20.9. The molecule has 0 radical (unpaired) electrons. The summed E-state index contributed by atoms with van der Waals surface area (Å²) in [7, 11) is 1.91. The lowest BCUT2D eigenvalue weighted by Crippen LogP contribution is -2.08. The van der Waals surface area contributed by atoms with Gasteiger partial charge < -0.3 is 9.88 Å². The number of rotatable bonds is 3. The van der Waals surface area contributed by atoms with Crippen LogP contribution in [-0.4, -0.2) is 24.1 Å². The van der Waals surface area contributed by atoms with Gasteiger partial charge in [0.1, 0.15) is 11.8 Å². The molecule has 150 valence electrons. The van der Waals surface area contributed by atoms with Gasteiger partial charge in [-0.25, -0.2) is 15.0 Å². The first-order chi connectivity index (χ1) is 13.7. The van der Waals surface area contributed by atoms with Crippen LogP contribution in [0.5, 0.6) is 0 Å². The molecule has 4 aromatic rings. The van der Waals surface area contributed by atoms with E-state index < -0.39 is 11.7 Å². The summed E-state index contributed by atoms with van der Waals surface area (Å²) in [5.41, 5.74) is 3.26. The Morgan fingerprint density at radius 2 is 1.66 bits per heavy atom. The first-order valence-electron chi connectivity index (χ1n) is 8.92. The first kappa shape index (κ1) is 19.0. The van der Waals surface area contributed by atoms with Crippen molar-refractivity contribution in [1.82, 2.24) is 24.1 Å². The van der Waals surface area contributed by atoms with Crippen molar-refractivity contribution >= 4 is 22.5 Å². The second-order valence-corrected chi connectivity index (χ2v) is 7.01. The molecule has 0 amide bonds. The number of halogens is 3. The average molecular weight is 400 g/mol. The summed E-state index contributed by atoms with van der Waals surface area (Å²) < 4.78 is 43.0. The van der Waals surface area contributed by atoms with Crippen molar-refractivity contribution < 1.29 is 13.2 Å². The fourth-order valence-corrected chi connectivity index (χ4v) is 3.36. The van der Waals surface area contributed by atoms with Crippen LogP contribution in [0.4, 0.5) is 24.7 Å². The van der Waals surface area contributed by atoms with Gasteiger partial charge in [-0.15, -0.1) is 0 Å². The van der Waals surface area contributed by atoms with E-state index in [0.29, 0.717) is 28.1 Å².